The molecule has 1 aromatic carbocycles. The molecule has 3 aromatic rings. The first-order valence-electron chi connectivity index (χ1n) is 10.3. The number of anilines is 1. The predicted octanol–water partition coefficient (Wildman–Crippen LogP) is 5.69. The van der Waals surface area contributed by atoms with Gasteiger partial charge >= 0.3 is 6.01 Å². The van der Waals surface area contributed by atoms with Crippen LogP contribution in [-0.2, 0) is 16.1 Å². The molecule has 7 nitrogen and oxygen atoms in total. The van der Waals surface area contributed by atoms with Crippen molar-refractivity contribution in [2.24, 2.45) is 0 Å². The standard InChI is InChI=1S/C25H21N3O4/c1-2-8-19(9-3-1)23-16-29-17-24(31-23)28-25-27-14-22(32-25)20-10-4-5-11-21(20)30-15-18-7-6-12-26-13-18/h1-2,4-8,10-14,16-17H,3,9,15H2,(H,27,28). The first-order valence-corrected chi connectivity index (χ1v) is 10.3. The minimum atomic E-state index is 0.288. The third-order valence-electron chi connectivity index (χ3n) is 4.91. The molecule has 2 aliphatic rings. The van der Waals surface area contributed by atoms with Crippen molar-refractivity contribution in [2.75, 3.05) is 5.32 Å². The van der Waals surface area contributed by atoms with Gasteiger partial charge in [0.2, 0.25) is 5.88 Å². The summed E-state index contributed by atoms with van der Waals surface area (Å²) in [5.74, 6) is 2.33. The molecule has 0 amide bonds. The minimum Gasteiger partial charge on any atom is -0.488 e. The Balaban J connectivity index is 1.27. The Labute approximate surface area is 185 Å². The third kappa shape index (κ3) is 4.57. The zero-order valence-corrected chi connectivity index (χ0v) is 17.2. The molecule has 2 aromatic heterocycles. The lowest BCUT2D eigenvalue weighted by Crippen LogP contribution is -2.10. The van der Waals surface area contributed by atoms with E-state index in [1.165, 1.54) is 6.26 Å². The van der Waals surface area contributed by atoms with Crippen LogP contribution in [0.25, 0.3) is 11.3 Å². The second-order valence-electron chi connectivity index (χ2n) is 7.16. The first kappa shape index (κ1) is 19.7. The zero-order chi connectivity index (χ0) is 21.6. The molecule has 0 radical (unpaired) electrons. The Morgan fingerprint density at radius 2 is 2.03 bits per heavy atom. The molecule has 0 spiro atoms. The molecule has 5 rings (SSSR count). The summed E-state index contributed by atoms with van der Waals surface area (Å²) >= 11 is 0. The molecule has 0 atom stereocenters. The summed E-state index contributed by atoms with van der Waals surface area (Å²) in [7, 11) is 0. The fraction of sp³-hybridized carbons (Fsp3) is 0.120. The van der Waals surface area contributed by atoms with E-state index in [0.29, 0.717) is 29.8 Å². The van der Waals surface area contributed by atoms with Crippen LogP contribution in [0.5, 0.6) is 5.75 Å². The van der Waals surface area contributed by atoms with Crippen molar-refractivity contribution >= 4 is 6.01 Å². The van der Waals surface area contributed by atoms with Gasteiger partial charge in [-0.25, -0.2) is 4.98 Å². The van der Waals surface area contributed by atoms with Gasteiger partial charge in [0.1, 0.15) is 18.6 Å². The van der Waals surface area contributed by atoms with Crippen LogP contribution in [0.4, 0.5) is 6.01 Å². The van der Waals surface area contributed by atoms with Gasteiger partial charge in [-0.05, 0) is 36.6 Å². The maximum atomic E-state index is 5.99. The Bertz CT molecular complexity index is 1210. The lowest BCUT2D eigenvalue weighted by Gasteiger charge is -2.19. The Morgan fingerprint density at radius 3 is 2.91 bits per heavy atom. The van der Waals surface area contributed by atoms with Gasteiger partial charge in [-0.1, -0.05) is 36.4 Å². The number of benzene rings is 1. The molecule has 160 valence electrons. The monoisotopic (exact) mass is 427 g/mol. The van der Waals surface area contributed by atoms with E-state index in [0.717, 1.165) is 29.5 Å². The van der Waals surface area contributed by atoms with Gasteiger partial charge in [0.15, 0.2) is 17.8 Å². The number of nitrogens with one attached hydrogen (secondary N) is 1. The molecule has 0 unspecified atom stereocenters. The topological polar surface area (TPSA) is 78.6 Å². The van der Waals surface area contributed by atoms with E-state index in [2.05, 4.69) is 21.4 Å². The van der Waals surface area contributed by atoms with Crippen molar-refractivity contribution in [3.05, 3.63) is 109 Å². The summed E-state index contributed by atoms with van der Waals surface area (Å²) in [6, 6.07) is 11.8. The van der Waals surface area contributed by atoms with E-state index in [1.807, 2.05) is 48.6 Å². The van der Waals surface area contributed by atoms with Crippen LogP contribution in [0.3, 0.4) is 0 Å². The van der Waals surface area contributed by atoms with Gasteiger partial charge in [-0.15, -0.1) is 0 Å². The molecular weight excluding hydrogens is 406 g/mol. The molecule has 3 heterocycles. The Hall–Kier alpha value is -4.26. The summed E-state index contributed by atoms with van der Waals surface area (Å²) in [6.07, 6.45) is 16.3. The van der Waals surface area contributed by atoms with E-state index in [4.69, 9.17) is 18.6 Å². The van der Waals surface area contributed by atoms with Crippen LogP contribution in [0.15, 0.2) is 107 Å². The molecule has 0 saturated carbocycles. The van der Waals surface area contributed by atoms with E-state index >= 15 is 0 Å². The predicted molar refractivity (Wildman–Crippen MR) is 119 cm³/mol. The van der Waals surface area contributed by atoms with Crippen molar-refractivity contribution in [1.82, 2.24) is 9.97 Å². The van der Waals surface area contributed by atoms with Crippen LogP contribution >= 0.6 is 0 Å². The fourth-order valence-corrected chi connectivity index (χ4v) is 3.33. The largest absolute Gasteiger partial charge is 0.488 e. The van der Waals surface area contributed by atoms with Crippen molar-refractivity contribution < 1.29 is 18.6 Å². The fourth-order valence-electron chi connectivity index (χ4n) is 3.33. The number of rotatable bonds is 7. The quantitative estimate of drug-likeness (QED) is 0.519. The highest BCUT2D eigenvalue weighted by molar-refractivity contribution is 5.65. The molecule has 7 heteroatoms. The van der Waals surface area contributed by atoms with Crippen molar-refractivity contribution in [3.8, 4) is 17.1 Å². The number of nitrogens with zero attached hydrogens (tertiary/aromatic N) is 2. The Kier molecular flexibility index (Phi) is 5.70. The highest BCUT2D eigenvalue weighted by Crippen LogP contribution is 2.33. The molecule has 0 fully saturated rings. The maximum Gasteiger partial charge on any atom is 0.302 e. The number of ether oxygens (including phenoxy) is 3. The zero-order valence-electron chi connectivity index (χ0n) is 17.2. The van der Waals surface area contributed by atoms with Gasteiger partial charge in [-0.2, -0.15) is 0 Å². The highest BCUT2D eigenvalue weighted by Gasteiger charge is 2.18. The Morgan fingerprint density at radius 1 is 1.06 bits per heavy atom. The number of allylic oxidation sites excluding steroid dienone is 4. The first-order chi connectivity index (χ1) is 15.8. The van der Waals surface area contributed by atoms with Gasteiger partial charge in [0, 0.05) is 18.0 Å². The summed E-state index contributed by atoms with van der Waals surface area (Å²) in [6.45, 7) is 0.405. The van der Waals surface area contributed by atoms with E-state index in [1.54, 1.807) is 24.9 Å². The van der Waals surface area contributed by atoms with Crippen LogP contribution in [-0.4, -0.2) is 9.97 Å². The molecule has 0 bridgehead atoms. The average molecular weight is 427 g/mol. The average Bonchev–Trinajstić information content (AvgIpc) is 3.32. The van der Waals surface area contributed by atoms with Crippen molar-refractivity contribution in [3.63, 3.8) is 0 Å². The normalized spacial score (nSPS) is 15.1. The van der Waals surface area contributed by atoms with Crippen LogP contribution in [0.2, 0.25) is 0 Å². The van der Waals surface area contributed by atoms with Crippen molar-refractivity contribution in [1.29, 1.82) is 0 Å². The third-order valence-corrected chi connectivity index (χ3v) is 4.91. The maximum absolute atomic E-state index is 5.99. The van der Waals surface area contributed by atoms with Crippen molar-refractivity contribution in [2.45, 2.75) is 19.4 Å². The summed E-state index contributed by atoms with van der Waals surface area (Å²) in [5, 5.41) is 3.02. The van der Waals surface area contributed by atoms with E-state index < -0.39 is 0 Å². The number of para-hydroxylation sites is 1. The van der Waals surface area contributed by atoms with Gasteiger partial charge < -0.3 is 18.6 Å². The van der Waals surface area contributed by atoms with Crippen LogP contribution in [0.1, 0.15) is 18.4 Å². The summed E-state index contributed by atoms with van der Waals surface area (Å²) in [4.78, 5) is 8.44. The lowest BCUT2D eigenvalue weighted by molar-refractivity contribution is 0.232. The SMILES string of the molecule is C1=CCCC(C2=COC=C(Nc3ncc(-c4ccccc4OCc4cccnc4)o3)O2)=C1. The number of oxazole rings is 1. The number of aromatic nitrogens is 2. The molecule has 1 aliphatic carbocycles. The van der Waals surface area contributed by atoms with Gasteiger partial charge in [-0.3, -0.25) is 10.3 Å². The minimum absolute atomic E-state index is 0.288. The highest BCUT2D eigenvalue weighted by atomic mass is 16.6. The summed E-state index contributed by atoms with van der Waals surface area (Å²) < 4.78 is 23.2. The number of hydrogen-bond acceptors (Lipinski definition) is 7. The van der Waals surface area contributed by atoms with Crippen LogP contribution in [0, 0.1) is 0 Å². The molecule has 0 saturated heterocycles. The van der Waals surface area contributed by atoms with E-state index in [-0.39, 0.29) is 6.01 Å². The number of pyridine rings is 1. The van der Waals surface area contributed by atoms with Gasteiger partial charge in [0.25, 0.3) is 0 Å². The lowest BCUT2D eigenvalue weighted by atomic mass is 10.0. The number of hydrogen-bond donors (Lipinski definition) is 1. The molecule has 1 N–H and O–H groups in total. The second kappa shape index (κ2) is 9.26. The smallest absolute Gasteiger partial charge is 0.302 e. The molecule has 32 heavy (non-hydrogen) atoms. The second-order valence-corrected chi connectivity index (χ2v) is 7.16. The molecule has 1 aliphatic heterocycles. The van der Waals surface area contributed by atoms with Gasteiger partial charge in [0.05, 0.1) is 11.8 Å². The molecular formula is C25H21N3O4. The summed E-state index contributed by atoms with van der Waals surface area (Å²) in [5.41, 5.74) is 2.86. The van der Waals surface area contributed by atoms with E-state index in [9.17, 15) is 0 Å². The van der Waals surface area contributed by atoms with Crippen LogP contribution < -0.4 is 10.1 Å².